The summed E-state index contributed by atoms with van der Waals surface area (Å²) in [5.41, 5.74) is 1.61. The molecule has 0 aliphatic carbocycles. The molecule has 2 heterocycles. The Morgan fingerprint density at radius 1 is 1.09 bits per heavy atom. The zero-order valence-corrected chi connectivity index (χ0v) is 19.8. The van der Waals surface area contributed by atoms with E-state index in [1.165, 1.54) is 6.07 Å². The summed E-state index contributed by atoms with van der Waals surface area (Å²) in [6, 6.07) is 4.85. The average molecular weight is 465 g/mol. The van der Waals surface area contributed by atoms with E-state index >= 15 is 0 Å². The number of hydrogen-bond donors (Lipinski definition) is 0. The number of hydrogen-bond acceptors (Lipinski definition) is 6. The molecule has 1 aromatic carbocycles. The molecule has 1 atom stereocenters. The largest absolute Gasteiger partial charge is 0.466 e. The number of likely N-dealkylation sites (tertiary alicyclic amines) is 1. The van der Waals surface area contributed by atoms with Crippen LogP contribution < -0.4 is 4.90 Å². The zero-order chi connectivity index (χ0) is 23.5. The normalized spacial score (nSPS) is 19.0. The Morgan fingerprint density at radius 3 is 2.41 bits per heavy atom. The van der Waals surface area contributed by atoms with Gasteiger partial charge in [-0.25, -0.2) is 8.42 Å². The van der Waals surface area contributed by atoms with Gasteiger partial charge in [0.15, 0.2) is 9.84 Å². The Hall–Kier alpha value is -2.42. The fourth-order valence-electron chi connectivity index (χ4n) is 4.47. The maximum atomic E-state index is 12.9. The number of anilines is 1. The van der Waals surface area contributed by atoms with E-state index in [0.717, 1.165) is 11.3 Å². The maximum Gasteiger partial charge on any atom is 0.309 e. The molecule has 0 radical (unpaired) electrons. The monoisotopic (exact) mass is 464 g/mol. The zero-order valence-electron chi connectivity index (χ0n) is 19.0. The number of nitrogens with zero attached hydrogens (tertiary/aromatic N) is 2. The number of piperidine rings is 1. The molecule has 9 heteroatoms. The van der Waals surface area contributed by atoms with Crippen LogP contribution in [0.15, 0.2) is 23.1 Å². The van der Waals surface area contributed by atoms with Crippen LogP contribution in [-0.4, -0.2) is 62.6 Å². The molecule has 0 unspecified atom stereocenters. The fourth-order valence-corrected chi connectivity index (χ4v) is 5.75. The highest BCUT2D eigenvalue weighted by Gasteiger charge is 2.32. The third-order valence-electron chi connectivity index (χ3n) is 6.25. The number of carbonyl (C=O) groups excluding carboxylic acids is 3. The van der Waals surface area contributed by atoms with Gasteiger partial charge >= 0.3 is 5.97 Å². The van der Waals surface area contributed by atoms with Crippen molar-refractivity contribution in [2.75, 3.05) is 30.3 Å². The van der Waals surface area contributed by atoms with Crippen LogP contribution in [0.1, 0.15) is 52.0 Å². The van der Waals surface area contributed by atoms with Crippen LogP contribution in [0.3, 0.4) is 0 Å². The van der Waals surface area contributed by atoms with E-state index in [9.17, 15) is 22.8 Å². The van der Waals surface area contributed by atoms with E-state index in [0.29, 0.717) is 45.4 Å². The van der Waals surface area contributed by atoms with Gasteiger partial charge in [-0.05, 0) is 56.9 Å². The molecule has 0 N–H and O–H groups in total. The highest BCUT2D eigenvalue weighted by Crippen LogP contribution is 2.34. The smallest absolute Gasteiger partial charge is 0.309 e. The summed E-state index contributed by atoms with van der Waals surface area (Å²) >= 11 is 0. The summed E-state index contributed by atoms with van der Waals surface area (Å²) in [6.45, 7) is 6.72. The molecule has 0 saturated carbocycles. The van der Waals surface area contributed by atoms with Gasteiger partial charge in [-0.15, -0.1) is 0 Å². The summed E-state index contributed by atoms with van der Waals surface area (Å²) in [6.07, 6.45) is 1.97. The van der Waals surface area contributed by atoms with Crippen molar-refractivity contribution in [2.45, 2.75) is 63.8 Å². The summed E-state index contributed by atoms with van der Waals surface area (Å²) in [5, 5.41) is 0. The second kappa shape index (κ2) is 10.0. The van der Waals surface area contributed by atoms with Gasteiger partial charge in [0.2, 0.25) is 11.8 Å². The molecular formula is C23H32N2O6S. The van der Waals surface area contributed by atoms with Crippen molar-refractivity contribution in [3.05, 3.63) is 23.8 Å². The highest BCUT2D eigenvalue weighted by atomic mass is 32.2. The van der Waals surface area contributed by atoms with Gasteiger partial charge in [-0.3, -0.25) is 14.4 Å². The molecule has 2 amide bonds. The average Bonchev–Trinajstić information content (AvgIpc) is 3.12. The molecule has 1 fully saturated rings. The SMILES string of the molecule is CCOC(=O)C1CCN(C(=O)CCS(=O)(=O)c2ccc3c(c2)C[C@H](C)N3C(=O)CC)CC1. The minimum atomic E-state index is -3.63. The molecule has 8 nitrogen and oxygen atoms in total. The van der Waals surface area contributed by atoms with Crippen LogP contribution in [0.2, 0.25) is 0 Å². The van der Waals surface area contributed by atoms with E-state index < -0.39 is 9.84 Å². The molecule has 2 aliphatic rings. The van der Waals surface area contributed by atoms with Crippen molar-refractivity contribution in [3.63, 3.8) is 0 Å². The van der Waals surface area contributed by atoms with E-state index in [-0.39, 0.29) is 46.8 Å². The van der Waals surface area contributed by atoms with Gasteiger partial charge in [0.25, 0.3) is 0 Å². The van der Waals surface area contributed by atoms with Crippen molar-refractivity contribution < 1.29 is 27.5 Å². The van der Waals surface area contributed by atoms with Gasteiger partial charge in [-0.2, -0.15) is 0 Å². The van der Waals surface area contributed by atoms with E-state index in [4.69, 9.17) is 4.74 Å². The van der Waals surface area contributed by atoms with Crippen LogP contribution in [0.5, 0.6) is 0 Å². The summed E-state index contributed by atoms with van der Waals surface area (Å²) in [5.74, 6) is -0.896. The second-order valence-electron chi connectivity index (χ2n) is 8.44. The standard InChI is InChI=1S/C23H32N2O6S/c1-4-21(26)25-16(3)14-18-15-19(6-7-20(18)25)32(29,30)13-10-22(27)24-11-8-17(9-12-24)23(28)31-5-2/h6-7,15-17H,4-5,8-14H2,1-3H3/t16-/m0/s1. The van der Waals surface area contributed by atoms with Crippen LogP contribution in [-0.2, 0) is 35.4 Å². The molecule has 0 bridgehead atoms. The van der Waals surface area contributed by atoms with Gasteiger partial charge in [0, 0.05) is 37.7 Å². The molecule has 2 aliphatic heterocycles. The minimum absolute atomic E-state index is 0.00508. The highest BCUT2D eigenvalue weighted by molar-refractivity contribution is 7.91. The van der Waals surface area contributed by atoms with Crippen molar-refractivity contribution in [3.8, 4) is 0 Å². The summed E-state index contributed by atoms with van der Waals surface area (Å²) < 4.78 is 30.8. The first-order valence-corrected chi connectivity index (χ1v) is 12.9. The van der Waals surface area contributed by atoms with Crippen LogP contribution in [0, 0.1) is 5.92 Å². The quantitative estimate of drug-likeness (QED) is 0.574. The molecule has 176 valence electrons. The molecule has 3 rings (SSSR count). The lowest BCUT2D eigenvalue weighted by atomic mass is 9.97. The molecule has 0 aromatic heterocycles. The Labute approximate surface area is 189 Å². The predicted molar refractivity (Wildman–Crippen MR) is 120 cm³/mol. The minimum Gasteiger partial charge on any atom is -0.466 e. The van der Waals surface area contributed by atoms with Gasteiger partial charge in [-0.1, -0.05) is 6.92 Å². The number of rotatable bonds is 7. The van der Waals surface area contributed by atoms with Crippen molar-refractivity contribution in [1.82, 2.24) is 4.90 Å². The maximum absolute atomic E-state index is 12.9. The van der Waals surface area contributed by atoms with Crippen LogP contribution >= 0.6 is 0 Å². The number of ether oxygens (including phenoxy) is 1. The first-order chi connectivity index (χ1) is 15.2. The van der Waals surface area contributed by atoms with Crippen molar-refractivity contribution in [2.24, 2.45) is 5.92 Å². The Balaban J connectivity index is 1.59. The summed E-state index contributed by atoms with van der Waals surface area (Å²) in [4.78, 5) is 40.2. The third-order valence-corrected chi connectivity index (χ3v) is 7.96. The predicted octanol–water partition coefficient (Wildman–Crippen LogP) is 2.34. The van der Waals surface area contributed by atoms with E-state index in [1.54, 1.807) is 28.9 Å². The number of sulfone groups is 1. The number of carbonyl (C=O) groups is 3. The Kier molecular flexibility index (Phi) is 7.59. The molecule has 1 saturated heterocycles. The van der Waals surface area contributed by atoms with E-state index in [2.05, 4.69) is 0 Å². The molecule has 32 heavy (non-hydrogen) atoms. The Bertz CT molecular complexity index is 982. The van der Waals surface area contributed by atoms with Gasteiger partial charge in [0.05, 0.1) is 23.2 Å². The second-order valence-corrected chi connectivity index (χ2v) is 10.5. The number of benzene rings is 1. The van der Waals surface area contributed by atoms with Crippen molar-refractivity contribution in [1.29, 1.82) is 0 Å². The molecular weight excluding hydrogens is 432 g/mol. The molecule has 0 spiro atoms. The summed E-state index contributed by atoms with van der Waals surface area (Å²) in [7, 11) is -3.63. The van der Waals surface area contributed by atoms with Crippen LogP contribution in [0.4, 0.5) is 5.69 Å². The van der Waals surface area contributed by atoms with Crippen LogP contribution in [0.25, 0.3) is 0 Å². The lowest BCUT2D eigenvalue weighted by Crippen LogP contribution is -2.41. The lowest BCUT2D eigenvalue weighted by molar-refractivity contribution is -0.151. The first kappa shape index (κ1) is 24.2. The molecule has 1 aromatic rings. The third kappa shape index (κ3) is 5.14. The number of fused-ring (bicyclic) bond motifs is 1. The van der Waals surface area contributed by atoms with Crippen molar-refractivity contribution >= 4 is 33.3 Å². The fraction of sp³-hybridized carbons (Fsp3) is 0.609. The number of esters is 1. The topological polar surface area (TPSA) is 101 Å². The number of amides is 2. The first-order valence-electron chi connectivity index (χ1n) is 11.3. The lowest BCUT2D eigenvalue weighted by Gasteiger charge is -2.31. The van der Waals surface area contributed by atoms with Gasteiger partial charge in [0.1, 0.15) is 0 Å². The van der Waals surface area contributed by atoms with Gasteiger partial charge < -0.3 is 14.5 Å². The van der Waals surface area contributed by atoms with E-state index in [1.807, 2.05) is 13.8 Å². The Morgan fingerprint density at radius 2 is 1.78 bits per heavy atom.